The molecule has 2 saturated carbocycles. The molecule has 0 saturated heterocycles. The number of hydrogen-bond donors (Lipinski definition) is 0. The zero-order valence-electron chi connectivity index (χ0n) is 13.6. The standard InChI is InChI=1S/C18H34O2/c1-3-4-15-5-7-16(8-6-15)17-9-11-18(12-10-17)20-14-13-19-2/h15-18H,3-14H2,1-2H3/t15-,16-,17-,18-. The van der Waals surface area contributed by atoms with Gasteiger partial charge in [0.15, 0.2) is 0 Å². The molecule has 20 heavy (non-hydrogen) atoms. The molecule has 2 nitrogen and oxygen atoms in total. The van der Waals surface area contributed by atoms with Gasteiger partial charge in [-0.3, -0.25) is 0 Å². The summed E-state index contributed by atoms with van der Waals surface area (Å²) in [5, 5.41) is 0. The van der Waals surface area contributed by atoms with Crippen molar-refractivity contribution in [1.82, 2.24) is 0 Å². The molecular weight excluding hydrogens is 248 g/mol. The summed E-state index contributed by atoms with van der Waals surface area (Å²) in [5.74, 6) is 3.08. The molecule has 0 atom stereocenters. The number of rotatable bonds is 7. The van der Waals surface area contributed by atoms with E-state index in [0.717, 1.165) is 31.0 Å². The first kappa shape index (κ1) is 16.3. The molecule has 118 valence electrons. The highest BCUT2D eigenvalue weighted by Gasteiger charge is 2.30. The Morgan fingerprint density at radius 3 is 1.95 bits per heavy atom. The van der Waals surface area contributed by atoms with Crippen molar-refractivity contribution in [3.05, 3.63) is 0 Å². The largest absolute Gasteiger partial charge is 0.382 e. The van der Waals surface area contributed by atoms with Crippen LogP contribution in [-0.4, -0.2) is 26.4 Å². The normalized spacial score (nSPS) is 35.1. The van der Waals surface area contributed by atoms with Crippen molar-refractivity contribution >= 4 is 0 Å². The second-order valence-corrected chi connectivity index (χ2v) is 6.97. The zero-order valence-corrected chi connectivity index (χ0v) is 13.6. The van der Waals surface area contributed by atoms with Crippen molar-refractivity contribution < 1.29 is 9.47 Å². The first-order valence-electron chi connectivity index (χ1n) is 8.94. The van der Waals surface area contributed by atoms with E-state index in [1.165, 1.54) is 64.2 Å². The van der Waals surface area contributed by atoms with Gasteiger partial charge in [-0.2, -0.15) is 0 Å². The second-order valence-electron chi connectivity index (χ2n) is 6.97. The van der Waals surface area contributed by atoms with Crippen LogP contribution in [0.4, 0.5) is 0 Å². The van der Waals surface area contributed by atoms with Crippen molar-refractivity contribution in [2.45, 2.75) is 77.2 Å². The molecule has 2 rings (SSSR count). The smallest absolute Gasteiger partial charge is 0.0704 e. The molecule has 2 heteroatoms. The van der Waals surface area contributed by atoms with Crippen LogP contribution >= 0.6 is 0 Å². The predicted molar refractivity (Wildman–Crippen MR) is 83.9 cm³/mol. The molecule has 2 aliphatic carbocycles. The van der Waals surface area contributed by atoms with E-state index in [-0.39, 0.29) is 0 Å². The highest BCUT2D eigenvalue weighted by Crippen LogP contribution is 2.41. The van der Waals surface area contributed by atoms with Gasteiger partial charge in [0.2, 0.25) is 0 Å². The Labute approximate surface area is 125 Å². The Balaban J connectivity index is 1.62. The van der Waals surface area contributed by atoms with Gasteiger partial charge in [-0.1, -0.05) is 32.6 Å². The van der Waals surface area contributed by atoms with Crippen LogP contribution in [0, 0.1) is 17.8 Å². The SMILES string of the molecule is CCC[C@H]1CC[C@H]([C@H]2CC[C@H](OCCOC)CC2)CC1. The van der Waals surface area contributed by atoms with Crippen LogP contribution in [0.15, 0.2) is 0 Å². The lowest BCUT2D eigenvalue weighted by Gasteiger charge is -2.37. The molecule has 0 N–H and O–H groups in total. The van der Waals surface area contributed by atoms with Crippen molar-refractivity contribution in [3.8, 4) is 0 Å². The second kappa shape index (κ2) is 9.04. The van der Waals surface area contributed by atoms with Gasteiger partial charge < -0.3 is 9.47 Å². The Bertz CT molecular complexity index is 238. The van der Waals surface area contributed by atoms with E-state index in [0.29, 0.717) is 6.10 Å². The predicted octanol–water partition coefficient (Wildman–Crippen LogP) is 4.81. The monoisotopic (exact) mass is 282 g/mol. The van der Waals surface area contributed by atoms with E-state index in [1.807, 2.05) is 0 Å². The van der Waals surface area contributed by atoms with Gasteiger partial charge in [0.25, 0.3) is 0 Å². The first-order chi connectivity index (χ1) is 9.83. The minimum atomic E-state index is 0.512. The highest BCUT2D eigenvalue weighted by molar-refractivity contribution is 4.82. The maximum atomic E-state index is 5.88. The fraction of sp³-hybridized carbons (Fsp3) is 1.00. The fourth-order valence-corrected chi connectivity index (χ4v) is 4.38. The topological polar surface area (TPSA) is 18.5 Å². The number of methoxy groups -OCH3 is 1. The van der Waals surface area contributed by atoms with Crippen LogP contribution in [0.2, 0.25) is 0 Å². The molecule has 0 radical (unpaired) electrons. The van der Waals surface area contributed by atoms with Gasteiger partial charge in [-0.15, -0.1) is 0 Å². The molecule has 2 aliphatic rings. The summed E-state index contributed by atoms with van der Waals surface area (Å²) >= 11 is 0. The molecular formula is C18H34O2. The average molecular weight is 282 g/mol. The molecule has 0 bridgehead atoms. The van der Waals surface area contributed by atoms with E-state index in [4.69, 9.17) is 9.47 Å². The van der Waals surface area contributed by atoms with E-state index < -0.39 is 0 Å². The van der Waals surface area contributed by atoms with Crippen LogP contribution < -0.4 is 0 Å². The van der Waals surface area contributed by atoms with Gasteiger partial charge in [-0.25, -0.2) is 0 Å². The molecule has 0 amide bonds. The summed E-state index contributed by atoms with van der Waals surface area (Å²) in [6, 6.07) is 0. The van der Waals surface area contributed by atoms with Crippen LogP contribution in [0.5, 0.6) is 0 Å². The van der Waals surface area contributed by atoms with Crippen LogP contribution in [0.25, 0.3) is 0 Å². The summed E-state index contributed by atoms with van der Waals surface area (Å²) in [5.41, 5.74) is 0. The Morgan fingerprint density at radius 2 is 1.40 bits per heavy atom. The van der Waals surface area contributed by atoms with Gasteiger partial charge in [0, 0.05) is 7.11 Å². The van der Waals surface area contributed by atoms with Crippen molar-refractivity contribution in [2.24, 2.45) is 17.8 Å². The molecule has 0 aromatic heterocycles. The lowest BCUT2D eigenvalue weighted by Crippen LogP contribution is -2.29. The van der Waals surface area contributed by atoms with Gasteiger partial charge in [0.05, 0.1) is 19.3 Å². The molecule has 0 unspecified atom stereocenters. The molecule has 0 aromatic rings. The third-order valence-electron chi connectivity index (χ3n) is 5.61. The summed E-state index contributed by atoms with van der Waals surface area (Å²) in [4.78, 5) is 0. The summed E-state index contributed by atoms with van der Waals surface area (Å²) in [6.07, 6.45) is 14.7. The maximum absolute atomic E-state index is 5.88. The van der Waals surface area contributed by atoms with E-state index in [1.54, 1.807) is 7.11 Å². The molecule has 0 heterocycles. The highest BCUT2D eigenvalue weighted by atomic mass is 16.5. The Morgan fingerprint density at radius 1 is 0.800 bits per heavy atom. The summed E-state index contributed by atoms with van der Waals surface area (Å²) in [7, 11) is 1.75. The maximum Gasteiger partial charge on any atom is 0.0704 e. The van der Waals surface area contributed by atoms with Crippen molar-refractivity contribution in [1.29, 1.82) is 0 Å². The van der Waals surface area contributed by atoms with Crippen molar-refractivity contribution in [3.63, 3.8) is 0 Å². The van der Waals surface area contributed by atoms with Crippen LogP contribution in [0.3, 0.4) is 0 Å². The number of ether oxygens (including phenoxy) is 2. The average Bonchev–Trinajstić information content (AvgIpc) is 2.49. The van der Waals surface area contributed by atoms with Crippen LogP contribution in [-0.2, 0) is 9.47 Å². The third kappa shape index (κ3) is 5.04. The molecule has 0 aliphatic heterocycles. The number of hydrogen-bond acceptors (Lipinski definition) is 2. The third-order valence-corrected chi connectivity index (χ3v) is 5.61. The van der Waals surface area contributed by atoms with E-state index in [2.05, 4.69) is 6.92 Å². The van der Waals surface area contributed by atoms with E-state index in [9.17, 15) is 0 Å². The minimum Gasteiger partial charge on any atom is -0.382 e. The van der Waals surface area contributed by atoms with Crippen LogP contribution in [0.1, 0.15) is 71.1 Å². The fourth-order valence-electron chi connectivity index (χ4n) is 4.38. The molecule has 0 spiro atoms. The Hall–Kier alpha value is -0.0800. The Kier molecular flexibility index (Phi) is 7.37. The van der Waals surface area contributed by atoms with E-state index >= 15 is 0 Å². The molecule has 0 aromatic carbocycles. The lowest BCUT2D eigenvalue weighted by atomic mass is 9.70. The summed E-state index contributed by atoms with van der Waals surface area (Å²) < 4.78 is 10.9. The van der Waals surface area contributed by atoms with Gasteiger partial charge in [-0.05, 0) is 56.3 Å². The molecule has 2 fully saturated rings. The summed E-state index contributed by atoms with van der Waals surface area (Å²) in [6.45, 7) is 3.84. The lowest BCUT2D eigenvalue weighted by molar-refractivity contribution is -0.0148. The first-order valence-corrected chi connectivity index (χ1v) is 8.94. The van der Waals surface area contributed by atoms with Gasteiger partial charge >= 0.3 is 0 Å². The minimum absolute atomic E-state index is 0.512. The van der Waals surface area contributed by atoms with Crippen molar-refractivity contribution in [2.75, 3.05) is 20.3 Å². The van der Waals surface area contributed by atoms with Gasteiger partial charge in [0.1, 0.15) is 0 Å². The quantitative estimate of drug-likeness (QED) is 0.624. The zero-order chi connectivity index (χ0) is 14.2.